The second-order valence-corrected chi connectivity index (χ2v) is 6.99. The van der Waals surface area contributed by atoms with Gasteiger partial charge in [0.2, 0.25) is 0 Å². The van der Waals surface area contributed by atoms with Gasteiger partial charge in [0, 0.05) is 6.61 Å². The Morgan fingerprint density at radius 1 is 1.24 bits per heavy atom. The number of H-pyrrole nitrogens is 1. The summed E-state index contributed by atoms with van der Waals surface area (Å²) in [6, 6.07) is 13.8. The minimum atomic E-state index is -0.699. The molecule has 0 radical (unpaired) electrons. The highest BCUT2D eigenvalue weighted by molar-refractivity contribution is 5.89. The zero-order chi connectivity index (χ0) is 20.2. The number of hydrogen-bond acceptors (Lipinski definition) is 6. The van der Waals surface area contributed by atoms with Gasteiger partial charge < -0.3 is 19.2 Å². The van der Waals surface area contributed by atoms with Crippen LogP contribution < -0.4 is 10.3 Å². The van der Waals surface area contributed by atoms with Gasteiger partial charge in [0.25, 0.3) is 5.56 Å². The molecule has 1 N–H and O–H groups in total. The normalized spacial score (nSPS) is 17.2. The van der Waals surface area contributed by atoms with E-state index in [0.29, 0.717) is 34.6 Å². The monoisotopic (exact) mass is 394 g/mol. The summed E-state index contributed by atoms with van der Waals surface area (Å²) in [4.78, 5) is 31.7. The molecule has 0 spiro atoms. The van der Waals surface area contributed by atoms with Crippen LogP contribution >= 0.6 is 0 Å². The number of rotatable bonds is 6. The summed E-state index contributed by atoms with van der Waals surface area (Å²) in [5.74, 6) is 0.475. The molecule has 0 aliphatic carbocycles. The summed E-state index contributed by atoms with van der Waals surface area (Å²) in [5.41, 5.74) is 0.688. The van der Waals surface area contributed by atoms with E-state index in [1.54, 1.807) is 55.5 Å². The van der Waals surface area contributed by atoms with Gasteiger partial charge in [-0.25, -0.2) is 9.78 Å². The SMILES string of the molecule is CC(OC(=O)c1ccc(OCC2CCCO2)cc1)c1nc2ccccc2c(=O)[nH]1. The number of fused-ring (bicyclic) bond motifs is 1. The van der Waals surface area contributed by atoms with Gasteiger partial charge in [-0.05, 0) is 56.2 Å². The van der Waals surface area contributed by atoms with Crippen LogP contribution in [0.1, 0.15) is 42.1 Å². The molecule has 2 heterocycles. The summed E-state index contributed by atoms with van der Waals surface area (Å²) in [7, 11) is 0. The highest BCUT2D eigenvalue weighted by Gasteiger charge is 2.18. The van der Waals surface area contributed by atoms with Crippen molar-refractivity contribution in [3.63, 3.8) is 0 Å². The Kier molecular flexibility index (Phi) is 5.57. The van der Waals surface area contributed by atoms with Crippen molar-refractivity contribution in [2.45, 2.75) is 32.0 Å². The molecular formula is C22H22N2O5. The average molecular weight is 394 g/mol. The topological polar surface area (TPSA) is 90.5 Å². The highest BCUT2D eigenvalue weighted by atomic mass is 16.5. The number of carbonyl (C=O) groups is 1. The van der Waals surface area contributed by atoms with E-state index in [1.165, 1.54) is 0 Å². The lowest BCUT2D eigenvalue weighted by molar-refractivity contribution is 0.0319. The third kappa shape index (κ3) is 4.46. The molecule has 2 aromatic carbocycles. The Morgan fingerprint density at radius 3 is 2.79 bits per heavy atom. The Labute approximate surface area is 167 Å². The zero-order valence-corrected chi connectivity index (χ0v) is 16.1. The Hall–Kier alpha value is -3.19. The van der Waals surface area contributed by atoms with E-state index >= 15 is 0 Å². The predicted octanol–water partition coefficient (Wildman–Crippen LogP) is 3.40. The maximum absolute atomic E-state index is 12.5. The fourth-order valence-electron chi connectivity index (χ4n) is 3.23. The largest absolute Gasteiger partial charge is 0.491 e. The predicted molar refractivity (Wildman–Crippen MR) is 107 cm³/mol. The number of nitrogens with one attached hydrogen (secondary N) is 1. The summed E-state index contributed by atoms with van der Waals surface area (Å²) in [6.07, 6.45) is 1.51. The molecule has 1 aliphatic rings. The van der Waals surface area contributed by atoms with Crippen molar-refractivity contribution < 1.29 is 19.0 Å². The number of esters is 1. The number of nitrogens with zero attached hydrogens (tertiary/aromatic N) is 1. The van der Waals surface area contributed by atoms with Crippen molar-refractivity contribution in [3.05, 3.63) is 70.3 Å². The highest BCUT2D eigenvalue weighted by Crippen LogP contribution is 2.19. The molecule has 7 heteroatoms. The van der Waals surface area contributed by atoms with E-state index < -0.39 is 12.1 Å². The van der Waals surface area contributed by atoms with E-state index in [-0.39, 0.29) is 11.7 Å². The number of benzene rings is 2. The summed E-state index contributed by atoms with van der Waals surface area (Å²) in [5, 5.41) is 0.494. The lowest BCUT2D eigenvalue weighted by Crippen LogP contribution is -2.17. The Morgan fingerprint density at radius 2 is 2.03 bits per heavy atom. The van der Waals surface area contributed by atoms with E-state index in [4.69, 9.17) is 14.2 Å². The fraction of sp³-hybridized carbons (Fsp3) is 0.318. The number of hydrogen-bond donors (Lipinski definition) is 1. The maximum atomic E-state index is 12.5. The molecule has 1 aromatic heterocycles. The van der Waals surface area contributed by atoms with Crippen molar-refractivity contribution >= 4 is 16.9 Å². The molecule has 0 bridgehead atoms. The lowest BCUT2D eigenvalue weighted by Gasteiger charge is -2.14. The van der Waals surface area contributed by atoms with Crippen LogP contribution in [0, 0.1) is 0 Å². The summed E-state index contributed by atoms with van der Waals surface area (Å²) >= 11 is 0. The second kappa shape index (κ2) is 8.45. The number of para-hydroxylation sites is 1. The standard InChI is InChI=1S/C22H22N2O5/c1-14(20-23-19-7-3-2-6-18(19)21(25)24-20)29-22(26)15-8-10-16(11-9-15)28-13-17-5-4-12-27-17/h2-3,6-11,14,17H,4-5,12-13H2,1H3,(H,23,24,25). The first kappa shape index (κ1) is 19.1. The van der Waals surface area contributed by atoms with Crippen molar-refractivity contribution in [3.8, 4) is 5.75 Å². The molecule has 150 valence electrons. The van der Waals surface area contributed by atoms with E-state index in [2.05, 4.69) is 9.97 Å². The molecule has 1 aliphatic heterocycles. The van der Waals surface area contributed by atoms with Crippen LogP contribution in [0.3, 0.4) is 0 Å². The van der Waals surface area contributed by atoms with Gasteiger partial charge in [-0.3, -0.25) is 4.79 Å². The van der Waals surface area contributed by atoms with Crippen LogP contribution in [-0.2, 0) is 9.47 Å². The molecular weight excluding hydrogens is 372 g/mol. The zero-order valence-electron chi connectivity index (χ0n) is 16.1. The van der Waals surface area contributed by atoms with E-state index in [0.717, 1.165) is 19.4 Å². The number of carbonyl (C=O) groups excluding carboxylic acids is 1. The average Bonchev–Trinajstić information content (AvgIpc) is 3.26. The first-order chi connectivity index (χ1) is 14.1. The van der Waals surface area contributed by atoms with Gasteiger partial charge >= 0.3 is 5.97 Å². The van der Waals surface area contributed by atoms with Crippen LogP contribution in [0.5, 0.6) is 5.75 Å². The van der Waals surface area contributed by atoms with Gasteiger partial charge in [0.05, 0.1) is 22.6 Å². The first-order valence-electron chi connectivity index (χ1n) is 9.64. The molecule has 1 fully saturated rings. The quantitative estimate of drug-likeness (QED) is 0.645. The molecule has 7 nitrogen and oxygen atoms in total. The van der Waals surface area contributed by atoms with Gasteiger partial charge in [0.15, 0.2) is 11.9 Å². The van der Waals surface area contributed by atoms with E-state index in [9.17, 15) is 9.59 Å². The number of ether oxygens (including phenoxy) is 3. The molecule has 4 rings (SSSR count). The Balaban J connectivity index is 1.40. The minimum Gasteiger partial charge on any atom is -0.491 e. The number of aromatic amines is 1. The van der Waals surface area contributed by atoms with Crippen molar-refractivity contribution in [1.82, 2.24) is 9.97 Å². The van der Waals surface area contributed by atoms with Crippen LogP contribution in [-0.4, -0.2) is 35.3 Å². The lowest BCUT2D eigenvalue weighted by atomic mass is 10.2. The van der Waals surface area contributed by atoms with Crippen molar-refractivity contribution in [2.24, 2.45) is 0 Å². The van der Waals surface area contributed by atoms with Crippen molar-refractivity contribution in [1.29, 1.82) is 0 Å². The fourth-order valence-corrected chi connectivity index (χ4v) is 3.23. The molecule has 29 heavy (non-hydrogen) atoms. The maximum Gasteiger partial charge on any atom is 0.338 e. The molecule has 2 atom stereocenters. The van der Waals surface area contributed by atoms with Gasteiger partial charge in [-0.2, -0.15) is 0 Å². The smallest absolute Gasteiger partial charge is 0.338 e. The van der Waals surface area contributed by atoms with Crippen LogP contribution in [0.2, 0.25) is 0 Å². The van der Waals surface area contributed by atoms with Crippen LogP contribution in [0.4, 0.5) is 0 Å². The summed E-state index contributed by atoms with van der Waals surface area (Å²) in [6.45, 7) is 2.96. The van der Waals surface area contributed by atoms with E-state index in [1.807, 2.05) is 0 Å². The molecule has 3 aromatic rings. The van der Waals surface area contributed by atoms with Crippen LogP contribution in [0.25, 0.3) is 10.9 Å². The first-order valence-corrected chi connectivity index (χ1v) is 9.64. The van der Waals surface area contributed by atoms with Crippen molar-refractivity contribution in [2.75, 3.05) is 13.2 Å². The minimum absolute atomic E-state index is 0.136. The van der Waals surface area contributed by atoms with Crippen LogP contribution in [0.15, 0.2) is 53.3 Å². The second-order valence-electron chi connectivity index (χ2n) is 6.99. The number of aromatic nitrogens is 2. The summed E-state index contributed by atoms with van der Waals surface area (Å²) < 4.78 is 16.7. The van der Waals surface area contributed by atoms with Gasteiger partial charge in [-0.15, -0.1) is 0 Å². The third-order valence-electron chi connectivity index (χ3n) is 4.85. The molecule has 2 unspecified atom stereocenters. The Bertz CT molecular complexity index is 1050. The molecule has 0 amide bonds. The molecule has 1 saturated heterocycles. The molecule has 0 saturated carbocycles. The third-order valence-corrected chi connectivity index (χ3v) is 4.85. The van der Waals surface area contributed by atoms with Gasteiger partial charge in [-0.1, -0.05) is 12.1 Å². The van der Waals surface area contributed by atoms with Gasteiger partial charge in [0.1, 0.15) is 12.4 Å².